The van der Waals surface area contributed by atoms with Crippen LogP contribution in [0.5, 0.6) is 0 Å². The van der Waals surface area contributed by atoms with Crippen LogP contribution in [-0.2, 0) is 10.2 Å². The molecular formula is C19H28N2O. The van der Waals surface area contributed by atoms with Crippen molar-refractivity contribution >= 4 is 5.91 Å². The number of benzene rings is 1. The summed E-state index contributed by atoms with van der Waals surface area (Å²) in [6.07, 6.45) is 7.61. The van der Waals surface area contributed by atoms with Crippen LogP contribution in [0.2, 0.25) is 0 Å². The first-order chi connectivity index (χ1) is 10.6. The van der Waals surface area contributed by atoms with Gasteiger partial charge in [-0.2, -0.15) is 0 Å². The van der Waals surface area contributed by atoms with E-state index in [1.165, 1.54) is 17.5 Å². The number of hydrogen-bond acceptors (Lipinski definition) is 2. The highest BCUT2D eigenvalue weighted by molar-refractivity contribution is 5.88. The quantitative estimate of drug-likeness (QED) is 0.912. The molecule has 22 heavy (non-hydrogen) atoms. The van der Waals surface area contributed by atoms with E-state index in [9.17, 15) is 4.79 Å². The Balaban J connectivity index is 1.93. The van der Waals surface area contributed by atoms with Crippen LogP contribution >= 0.6 is 0 Å². The molecule has 0 bridgehead atoms. The zero-order chi connectivity index (χ0) is 15.6. The minimum Gasteiger partial charge on any atom is -0.340 e. The highest BCUT2D eigenvalue weighted by Gasteiger charge is 2.44. The van der Waals surface area contributed by atoms with Crippen LogP contribution in [0.25, 0.3) is 0 Å². The van der Waals surface area contributed by atoms with Crippen molar-refractivity contribution in [1.82, 2.24) is 4.90 Å². The lowest BCUT2D eigenvalue weighted by Crippen LogP contribution is -2.53. The third-order valence-electron chi connectivity index (χ3n) is 5.43. The van der Waals surface area contributed by atoms with Gasteiger partial charge in [0.2, 0.25) is 5.91 Å². The van der Waals surface area contributed by atoms with Crippen molar-refractivity contribution in [3.63, 3.8) is 0 Å². The van der Waals surface area contributed by atoms with Gasteiger partial charge >= 0.3 is 0 Å². The number of aryl methyl sites for hydroxylation is 1. The average molecular weight is 300 g/mol. The molecule has 2 N–H and O–H groups in total. The van der Waals surface area contributed by atoms with E-state index in [4.69, 9.17) is 5.73 Å². The monoisotopic (exact) mass is 300 g/mol. The maximum absolute atomic E-state index is 13.4. The van der Waals surface area contributed by atoms with Gasteiger partial charge in [0.05, 0.1) is 5.41 Å². The Morgan fingerprint density at radius 3 is 2.68 bits per heavy atom. The maximum atomic E-state index is 13.4. The highest BCUT2D eigenvalue weighted by atomic mass is 16.2. The molecule has 0 aromatic heterocycles. The molecule has 0 spiro atoms. The third kappa shape index (κ3) is 2.91. The fourth-order valence-corrected chi connectivity index (χ4v) is 4.22. The number of carbonyl (C=O) groups is 1. The molecule has 1 saturated heterocycles. The van der Waals surface area contributed by atoms with Crippen molar-refractivity contribution < 1.29 is 4.79 Å². The van der Waals surface area contributed by atoms with Crippen LogP contribution in [0.3, 0.4) is 0 Å². The van der Waals surface area contributed by atoms with Crippen LogP contribution in [0, 0.1) is 6.92 Å². The molecule has 1 heterocycles. The normalized spacial score (nSPS) is 25.0. The number of nitrogens with two attached hydrogens (primary N) is 1. The number of amides is 1. The number of likely N-dealkylation sites (tertiary alicyclic amines) is 1. The Bertz CT molecular complexity index is 534. The SMILES string of the molecule is Cc1cccc(C2(C(=O)N3CCCC(N)C3)CCCCC2)c1. The lowest BCUT2D eigenvalue weighted by molar-refractivity contribution is -0.140. The van der Waals surface area contributed by atoms with E-state index in [-0.39, 0.29) is 11.5 Å². The van der Waals surface area contributed by atoms with Crippen molar-refractivity contribution in [1.29, 1.82) is 0 Å². The molecule has 1 aliphatic heterocycles. The fraction of sp³-hybridized carbons (Fsp3) is 0.632. The summed E-state index contributed by atoms with van der Waals surface area (Å²) in [7, 11) is 0. The van der Waals surface area contributed by atoms with E-state index in [1.807, 2.05) is 4.90 Å². The van der Waals surface area contributed by atoms with Gasteiger partial charge in [-0.15, -0.1) is 0 Å². The second-order valence-corrected chi connectivity index (χ2v) is 7.17. The van der Waals surface area contributed by atoms with Gasteiger partial charge in [0.1, 0.15) is 0 Å². The molecule has 1 atom stereocenters. The predicted octanol–water partition coefficient (Wildman–Crippen LogP) is 3.15. The van der Waals surface area contributed by atoms with Crippen LogP contribution in [0.4, 0.5) is 0 Å². The molecule has 1 aromatic rings. The van der Waals surface area contributed by atoms with Gasteiger partial charge in [-0.25, -0.2) is 0 Å². The van der Waals surface area contributed by atoms with E-state index in [0.29, 0.717) is 5.91 Å². The average Bonchev–Trinajstić information content (AvgIpc) is 2.55. The molecular weight excluding hydrogens is 272 g/mol. The van der Waals surface area contributed by atoms with Crippen molar-refractivity contribution in [2.75, 3.05) is 13.1 Å². The Labute approximate surface area is 133 Å². The second kappa shape index (κ2) is 6.41. The number of hydrogen-bond donors (Lipinski definition) is 1. The van der Waals surface area contributed by atoms with Gasteiger partial charge in [0.25, 0.3) is 0 Å². The fourth-order valence-electron chi connectivity index (χ4n) is 4.22. The van der Waals surface area contributed by atoms with Crippen molar-refractivity contribution in [2.45, 2.75) is 63.3 Å². The van der Waals surface area contributed by atoms with Gasteiger partial charge in [0.15, 0.2) is 0 Å². The Kier molecular flexibility index (Phi) is 4.53. The molecule has 1 aliphatic carbocycles. The maximum Gasteiger partial charge on any atom is 0.233 e. The molecule has 2 fully saturated rings. The first-order valence-corrected chi connectivity index (χ1v) is 8.74. The molecule has 120 valence electrons. The zero-order valence-corrected chi connectivity index (χ0v) is 13.7. The van der Waals surface area contributed by atoms with Gasteiger partial charge in [-0.05, 0) is 38.2 Å². The number of piperidine rings is 1. The second-order valence-electron chi connectivity index (χ2n) is 7.17. The van der Waals surface area contributed by atoms with Crippen LogP contribution in [0.1, 0.15) is 56.1 Å². The van der Waals surface area contributed by atoms with Crippen molar-refractivity contribution in [2.24, 2.45) is 5.73 Å². The largest absolute Gasteiger partial charge is 0.340 e. The summed E-state index contributed by atoms with van der Waals surface area (Å²) in [6.45, 7) is 3.72. The van der Waals surface area contributed by atoms with Gasteiger partial charge in [0, 0.05) is 19.1 Å². The first kappa shape index (κ1) is 15.5. The third-order valence-corrected chi connectivity index (χ3v) is 5.43. The molecule has 3 rings (SSSR count). The van der Waals surface area contributed by atoms with Crippen LogP contribution in [-0.4, -0.2) is 29.9 Å². The van der Waals surface area contributed by atoms with E-state index in [1.54, 1.807) is 0 Å². The molecule has 1 aromatic carbocycles. The van der Waals surface area contributed by atoms with E-state index in [2.05, 4.69) is 31.2 Å². The molecule has 3 heteroatoms. The number of rotatable bonds is 2. The first-order valence-electron chi connectivity index (χ1n) is 8.74. The summed E-state index contributed by atoms with van der Waals surface area (Å²) >= 11 is 0. The molecule has 1 amide bonds. The van der Waals surface area contributed by atoms with E-state index < -0.39 is 0 Å². The highest BCUT2D eigenvalue weighted by Crippen LogP contribution is 2.41. The smallest absolute Gasteiger partial charge is 0.233 e. The topological polar surface area (TPSA) is 46.3 Å². The van der Waals surface area contributed by atoms with Crippen LogP contribution in [0.15, 0.2) is 24.3 Å². The molecule has 1 unspecified atom stereocenters. The van der Waals surface area contributed by atoms with E-state index >= 15 is 0 Å². The summed E-state index contributed by atoms with van der Waals surface area (Å²) in [5, 5.41) is 0. The van der Waals surface area contributed by atoms with Crippen LogP contribution < -0.4 is 5.73 Å². The lowest BCUT2D eigenvalue weighted by Gasteiger charge is -2.42. The number of nitrogens with zero attached hydrogens (tertiary/aromatic N) is 1. The molecule has 0 radical (unpaired) electrons. The Morgan fingerprint density at radius 1 is 1.23 bits per heavy atom. The van der Waals surface area contributed by atoms with Gasteiger partial charge < -0.3 is 10.6 Å². The predicted molar refractivity (Wildman–Crippen MR) is 89.7 cm³/mol. The summed E-state index contributed by atoms with van der Waals surface area (Å²) in [6, 6.07) is 8.72. The summed E-state index contributed by atoms with van der Waals surface area (Å²) in [4.78, 5) is 15.4. The van der Waals surface area contributed by atoms with Crippen molar-refractivity contribution in [3.8, 4) is 0 Å². The minimum atomic E-state index is -0.304. The molecule has 2 aliphatic rings. The summed E-state index contributed by atoms with van der Waals surface area (Å²) in [5.74, 6) is 0.327. The van der Waals surface area contributed by atoms with Crippen molar-refractivity contribution in [3.05, 3.63) is 35.4 Å². The number of carbonyl (C=O) groups excluding carboxylic acids is 1. The van der Waals surface area contributed by atoms with Gasteiger partial charge in [-0.3, -0.25) is 4.79 Å². The molecule has 1 saturated carbocycles. The standard InChI is InChI=1S/C19H28N2O/c1-15-7-5-8-16(13-15)19(10-3-2-4-11-19)18(22)21-12-6-9-17(20)14-21/h5,7-8,13,17H,2-4,6,9-12,14,20H2,1H3. The summed E-state index contributed by atoms with van der Waals surface area (Å²) < 4.78 is 0. The van der Waals surface area contributed by atoms with Gasteiger partial charge in [-0.1, -0.05) is 49.1 Å². The summed E-state index contributed by atoms with van der Waals surface area (Å²) in [5.41, 5.74) is 8.26. The zero-order valence-electron chi connectivity index (χ0n) is 13.7. The Hall–Kier alpha value is -1.35. The lowest BCUT2D eigenvalue weighted by atomic mass is 9.68. The molecule has 3 nitrogen and oxygen atoms in total. The Morgan fingerprint density at radius 2 is 2.00 bits per heavy atom. The van der Waals surface area contributed by atoms with E-state index in [0.717, 1.165) is 51.6 Å². The minimum absolute atomic E-state index is 0.149.